The predicted molar refractivity (Wildman–Crippen MR) is 106 cm³/mol. The smallest absolute Gasteiger partial charge is 0.326 e. The number of hydrogen-bond donors (Lipinski definition) is 3. The van der Waals surface area contributed by atoms with Crippen LogP contribution in [-0.4, -0.2) is 34.3 Å². The summed E-state index contributed by atoms with van der Waals surface area (Å²) in [6.45, 7) is 4.70. The fourth-order valence-electron chi connectivity index (χ4n) is 4.11. The molecule has 1 heterocycles. The highest BCUT2D eigenvalue weighted by Crippen LogP contribution is 2.35. The molecule has 2 aromatic rings. The van der Waals surface area contributed by atoms with Crippen LogP contribution in [0, 0.1) is 0 Å². The summed E-state index contributed by atoms with van der Waals surface area (Å²) < 4.78 is 2.00. The van der Waals surface area contributed by atoms with E-state index < -0.39 is 12.0 Å². The van der Waals surface area contributed by atoms with E-state index in [1.807, 2.05) is 29.7 Å². The monoisotopic (exact) mass is 371 g/mol. The van der Waals surface area contributed by atoms with Crippen molar-refractivity contribution < 1.29 is 14.7 Å². The van der Waals surface area contributed by atoms with Crippen LogP contribution in [0.25, 0.3) is 10.9 Å². The Balaban J connectivity index is 1.86. The molecule has 0 saturated carbocycles. The molecule has 2 atom stereocenters. The van der Waals surface area contributed by atoms with E-state index in [0.717, 1.165) is 48.7 Å². The number of carbonyl (C=O) groups excluding carboxylic acids is 1. The lowest BCUT2D eigenvalue weighted by atomic mass is 9.91. The highest BCUT2D eigenvalue weighted by Gasteiger charge is 2.30. The van der Waals surface area contributed by atoms with E-state index in [0.29, 0.717) is 13.0 Å². The van der Waals surface area contributed by atoms with Gasteiger partial charge in [-0.3, -0.25) is 0 Å². The van der Waals surface area contributed by atoms with Crippen LogP contribution in [0.1, 0.15) is 56.8 Å². The molecule has 6 nitrogen and oxygen atoms in total. The summed E-state index contributed by atoms with van der Waals surface area (Å²) in [5.41, 5.74) is 3.26. The van der Waals surface area contributed by atoms with Crippen molar-refractivity contribution in [1.29, 1.82) is 0 Å². The quantitative estimate of drug-likeness (QED) is 0.650. The molecule has 0 saturated heterocycles. The number of amides is 2. The molecule has 0 spiro atoms. The van der Waals surface area contributed by atoms with E-state index in [4.69, 9.17) is 0 Å². The van der Waals surface area contributed by atoms with Crippen molar-refractivity contribution in [2.75, 3.05) is 6.54 Å². The number of carboxylic acid groups (broad SMARTS) is 1. The normalized spacial score (nSPS) is 17.3. The molecule has 1 aliphatic carbocycles. The number of aromatic nitrogens is 1. The third-order valence-electron chi connectivity index (χ3n) is 5.44. The molecule has 1 unspecified atom stereocenters. The van der Waals surface area contributed by atoms with Crippen molar-refractivity contribution in [3.05, 3.63) is 35.5 Å². The lowest BCUT2D eigenvalue weighted by molar-refractivity contribution is -0.140. The van der Waals surface area contributed by atoms with Crippen molar-refractivity contribution >= 4 is 22.9 Å². The maximum atomic E-state index is 12.1. The molecule has 6 heteroatoms. The number of carbonyl (C=O) groups is 2. The minimum Gasteiger partial charge on any atom is -0.480 e. The van der Waals surface area contributed by atoms with Gasteiger partial charge < -0.3 is 20.3 Å². The van der Waals surface area contributed by atoms with Gasteiger partial charge in [0.15, 0.2) is 0 Å². The van der Waals surface area contributed by atoms with E-state index in [9.17, 15) is 14.7 Å². The van der Waals surface area contributed by atoms with Gasteiger partial charge in [0.25, 0.3) is 0 Å². The van der Waals surface area contributed by atoms with Gasteiger partial charge in [-0.15, -0.1) is 0 Å². The minimum absolute atomic E-state index is 0.0725. The van der Waals surface area contributed by atoms with Crippen molar-refractivity contribution in [3.63, 3.8) is 0 Å². The minimum atomic E-state index is -0.795. The van der Waals surface area contributed by atoms with Crippen LogP contribution in [0.4, 0.5) is 4.79 Å². The van der Waals surface area contributed by atoms with Gasteiger partial charge in [-0.25, -0.2) is 9.59 Å². The third kappa shape index (κ3) is 3.94. The van der Waals surface area contributed by atoms with Crippen LogP contribution in [0.5, 0.6) is 0 Å². The highest BCUT2D eigenvalue weighted by atomic mass is 16.4. The van der Waals surface area contributed by atoms with Gasteiger partial charge in [0.05, 0.1) is 0 Å². The first kappa shape index (κ1) is 19.3. The molecule has 0 radical (unpaired) electrons. The number of aliphatic carboxylic acids is 1. The molecule has 0 fully saturated rings. The lowest BCUT2D eigenvalue weighted by Crippen LogP contribution is -2.44. The first-order chi connectivity index (χ1) is 13.1. The lowest BCUT2D eigenvalue weighted by Gasteiger charge is -2.26. The standard InChI is InChI=1S/C21H29N3O3/c1-3-5-12-22-21(27)23-14-10-11-19-16(13-14)15-8-6-7-9-18(15)24(19)17(4-2)20(25)26/h6-9,14,17H,3-5,10-13H2,1-2H3,(H,25,26)(H2,22,23,27)/t14-,17?/m0/s1. The zero-order valence-corrected chi connectivity index (χ0v) is 16.1. The van der Waals surface area contributed by atoms with Crippen LogP contribution in [0.15, 0.2) is 24.3 Å². The summed E-state index contributed by atoms with van der Waals surface area (Å²) in [7, 11) is 0. The molecule has 0 bridgehead atoms. The first-order valence-corrected chi connectivity index (χ1v) is 9.94. The molecule has 0 aliphatic heterocycles. The van der Waals surface area contributed by atoms with Gasteiger partial charge in [0, 0.05) is 29.2 Å². The van der Waals surface area contributed by atoms with E-state index in [-0.39, 0.29) is 12.1 Å². The van der Waals surface area contributed by atoms with Gasteiger partial charge >= 0.3 is 12.0 Å². The van der Waals surface area contributed by atoms with Gasteiger partial charge in [-0.2, -0.15) is 0 Å². The Bertz CT molecular complexity index is 827. The fraction of sp³-hybridized carbons (Fsp3) is 0.524. The second-order valence-electron chi connectivity index (χ2n) is 7.27. The summed E-state index contributed by atoms with van der Waals surface area (Å²) in [5, 5.41) is 16.8. The van der Waals surface area contributed by atoms with E-state index in [2.05, 4.69) is 23.6 Å². The Morgan fingerprint density at radius 2 is 2.07 bits per heavy atom. The summed E-state index contributed by atoms with van der Waals surface area (Å²) >= 11 is 0. The number of urea groups is 1. The second kappa shape index (κ2) is 8.46. The number of nitrogens with one attached hydrogen (secondary N) is 2. The molecule has 1 aromatic carbocycles. The van der Waals surface area contributed by atoms with E-state index >= 15 is 0 Å². The van der Waals surface area contributed by atoms with Gasteiger partial charge in [0.2, 0.25) is 0 Å². The average molecular weight is 371 g/mol. The Morgan fingerprint density at radius 3 is 2.78 bits per heavy atom. The van der Waals surface area contributed by atoms with Crippen LogP contribution in [0.2, 0.25) is 0 Å². The number of fused-ring (bicyclic) bond motifs is 3. The Kier molecular flexibility index (Phi) is 6.04. The number of para-hydroxylation sites is 1. The van der Waals surface area contributed by atoms with E-state index in [1.165, 1.54) is 5.56 Å². The molecule has 3 N–H and O–H groups in total. The summed E-state index contributed by atoms with van der Waals surface area (Å²) in [6.07, 6.45) is 4.90. The molecular formula is C21H29N3O3. The van der Waals surface area contributed by atoms with Crippen LogP contribution in [0.3, 0.4) is 0 Å². The van der Waals surface area contributed by atoms with Gasteiger partial charge in [0.1, 0.15) is 6.04 Å². The predicted octanol–water partition coefficient (Wildman–Crippen LogP) is 3.63. The molecule has 146 valence electrons. The SMILES string of the molecule is CCCCNC(=O)N[C@H]1CCc2c(c3ccccc3n2C(CC)C(=O)O)C1. The largest absolute Gasteiger partial charge is 0.480 e. The van der Waals surface area contributed by atoms with Gasteiger partial charge in [-0.1, -0.05) is 38.5 Å². The molecule has 27 heavy (non-hydrogen) atoms. The highest BCUT2D eigenvalue weighted by molar-refractivity contribution is 5.88. The van der Waals surface area contributed by atoms with Crippen molar-refractivity contribution in [3.8, 4) is 0 Å². The number of hydrogen-bond acceptors (Lipinski definition) is 2. The topological polar surface area (TPSA) is 83.4 Å². The van der Waals surface area contributed by atoms with E-state index in [1.54, 1.807) is 0 Å². The number of benzene rings is 1. The number of rotatable bonds is 7. The summed E-state index contributed by atoms with van der Waals surface area (Å²) in [5.74, 6) is -0.795. The molecular weight excluding hydrogens is 342 g/mol. The first-order valence-electron chi connectivity index (χ1n) is 9.94. The number of nitrogens with zero attached hydrogens (tertiary/aromatic N) is 1. The Hall–Kier alpha value is -2.50. The Labute approximate surface area is 159 Å². The van der Waals surface area contributed by atoms with Crippen LogP contribution >= 0.6 is 0 Å². The molecule has 2 amide bonds. The third-order valence-corrected chi connectivity index (χ3v) is 5.44. The maximum absolute atomic E-state index is 12.1. The molecule has 1 aliphatic rings. The maximum Gasteiger partial charge on any atom is 0.326 e. The van der Waals surface area contributed by atoms with Gasteiger partial charge in [-0.05, 0) is 43.7 Å². The summed E-state index contributed by atoms with van der Waals surface area (Å²) in [4.78, 5) is 23.9. The van der Waals surface area contributed by atoms with Crippen LogP contribution in [-0.2, 0) is 17.6 Å². The fourth-order valence-corrected chi connectivity index (χ4v) is 4.11. The van der Waals surface area contributed by atoms with Crippen molar-refractivity contribution in [2.24, 2.45) is 0 Å². The van der Waals surface area contributed by atoms with Crippen LogP contribution < -0.4 is 10.6 Å². The zero-order valence-electron chi connectivity index (χ0n) is 16.1. The summed E-state index contributed by atoms with van der Waals surface area (Å²) in [6, 6.07) is 7.41. The average Bonchev–Trinajstić information content (AvgIpc) is 2.97. The molecule has 3 rings (SSSR count). The van der Waals surface area contributed by atoms with Crippen molar-refractivity contribution in [2.45, 2.75) is 64.5 Å². The zero-order chi connectivity index (χ0) is 19.4. The number of unbranched alkanes of at least 4 members (excludes halogenated alkanes) is 1. The Morgan fingerprint density at radius 1 is 1.30 bits per heavy atom. The molecule has 1 aromatic heterocycles. The second-order valence-corrected chi connectivity index (χ2v) is 7.27. The number of carboxylic acids is 1. The van der Waals surface area contributed by atoms with Crippen molar-refractivity contribution in [1.82, 2.24) is 15.2 Å².